The second-order valence-corrected chi connectivity index (χ2v) is 3.65. The zero-order valence-corrected chi connectivity index (χ0v) is 8.10. The van der Waals surface area contributed by atoms with Gasteiger partial charge in [-0.2, -0.15) is 0 Å². The van der Waals surface area contributed by atoms with Gasteiger partial charge >= 0.3 is 0 Å². The van der Waals surface area contributed by atoms with Gasteiger partial charge in [0.2, 0.25) is 0 Å². The van der Waals surface area contributed by atoms with Gasteiger partial charge in [0.25, 0.3) is 0 Å². The maximum absolute atomic E-state index is 3.92. The molecule has 1 fully saturated rings. The number of piperazine rings is 1. The molecule has 1 saturated heterocycles. The molecule has 2 nitrogen and oxygen atoms in total. The fraction of sp³-hybridized carbons (Fsp3) is 0.900. The van der Waals surface area contributed by atoms with Gasteiger partial charge in [0.05, 0.1) is 0 Å². The van der Waals surface area contributed by atoms with Crippen LogP contribution in [0.5, 0.6) is 0 Å². The van der Waals surface area contributed by atoms with Crippen LogP contribution < -0.4 is 10.6 Å². The van der Waals surface area contributed by atoms with E-state index in [0.717, 1.165) is 19.5 Å². The minimum Gasteiger partial charge on any atom is -0.314 e. The maximum atomic E-state index is 3.92. The minimum absolute atomic E-state index is 0.598. The topological polar surface area (TPSA) is 24.1 Å². The highest BCUT2D eigenvalue weighted by molar-refractivity contribution is 4.83. The van der Waals surface area contributed by atoms with Crippen molar-refractivity contribution in [2.45, 2.75) is 44.7 Å². The van der Waals surface area contributed by atoms with Crippen molar-refractivity contribution in [2.24, 2.45) is 0 Å². The lowest BCUT2D eigenvalue weighted by Crippen LogP contribution is -2.54. The third-order valence-electron chi connectivity index (χ3n) is 2.51. The summed E-state index contributed by atoms with van der Waals surface area (Å²) in [5.41, 5.74) is 0. The van der Waals surface area contributed by atoms with E-state index in [0.29, 0.717) is 12.1 Å². The summed E-state index contributed by atoms with van der Waals surface area (Å²) >= 11 is 0. The van der Waals surface area contributed by atoms with E-state index in [1.807, 2.05) is 0 Å². The van der Waals surface area contributed by atoms with E-state index in [2.05, 4.69) is 24.5 Å². The molecule has 12 heavy (non-hydrogen) atoms. The molecule has 0 spiro atoms. The number of hydrogen-bond donors (Lipinski definition) is 2. The maximum Gasteiger partial charge on any atom is 0.0195 e. The lowest BCUT2D eigenvalue weighted by Gasteiger charge is -2.31. The van der Waals surface area contributed by atoms with E-state index < -0.39 is 0 Å². The molecule has 2 heteroatoms. The first-order chi connectivity index (χ1) is 5.86. The molecule has 0 aromatic carbocycles. The van der Waals surface area contributed by atoms with E-state index in [9.17, 15) is 0 Å². The van der Waals surface area contributed by atoms with Crippen molar-refractivity contribution in [3.63, 3.8) is 0 Å². The van der Waals surface area contributed by atoms with Gasteiger partial charge in [0.15, 0.2) is 0 Å². The Hall–Kier alpha value is -0.0800. The average molecular weight is 169 g/mol. The van der Waals surface area contributed by atoms with E-state index >= 15 is 0 Å². The number of hydrogen-bond acceptors (Lipinski definition) is 2. The first-order valence-corrected chi connectivity index (χ1v) is 5.12. The first-order valence-electron chi connectivity index (χ1n) is 5.12. The van der Waals surface area contributed by atoms with Crippen LogP contribution in [0.4, 0.5) is 0 Å². The molecule has 1 aliphatic heterocycles. The van der Waals surface area contributed by atoms with Gasteiger partial charge in [0.1, 0.15) is 0 Å². The standard InChI is InChI=1S/C10H21N2/c1-3-5-6-10-8-11-7-9(4-2)12-10/h9-12H,2-8H2,1H3. The number of rotatable bonds is 4. The highest BCUT2D eigenvalue weighted by atomic mass is 15.1. The molecule has 2 atom stereocenters. The summed E-state index contributed by atoms with van der Waals surface area (Å²) in [5, 5.41) is 7.06. The summed E-state index contributed by atoms with van der Waals surface area (Å²) in [6.07, 6.45) is 4.94. The molecular formula is C10H21N2. The lowest BCUT2D eigenvalue weighted by molar-refractivity contribution is 0.321. The molecule has 1 rings (SSSR count). The fourth-order valence-corrected chi connectivity index (χ4v) is 1.70. The van der Waals surface area contributed by atoms with Crippen molar-refractivity contribution in [1.82, 2.24) is 10.6 Å². The predicted octanol–water partition coefficient (Wildman–Crippen LogP) is 1.33. The molecule has 0 aliphatic carbocycles. The fourth-order valence-electron chi connectivity index (χ4n) is 1.70. The Bertz CT molecular complexity index is 114. The minimum atomic E-state index is 0.598. The summed E-state index contributed by atoms with van der Waals surface area (Å²) in [6.45, 7) is 8.39. The highest BCUT2D eigenvalue weighted by Crippen LogP contribution is 2.05. The summed E-state index contributed by atoms with van der Waals surface area (Å²) in [5.74, 6) is 0. The summed E-state index contributed by atoms with van der Waals surface area (Å²) in [4.78, 5) is 0. The van der Waals surface area contributed by atoms with Crippen LogP contribution >= 0.6 is 0 Å². The number of unbranched alkanes of at least 4 members (excludes halogenated alkanes) is 1. The average Bonchev–Trinajstić information content (AvgIpc) is 2.15. The lowest BCUT2D eigenvalue weighted by atomic mass is 10.0. The van der Waals surface area contributed by atoms with Gasteiger partial charge in [-0.25, -0.2) is 0 Å². The second kappa shape index (κ2) is 5.55. The van der Waals surface area contributed by atoms with Crippen molar-refractivity contribution in [3.05, 3.63) is 6.92 Å². The van der Waals surface area contributed by atoms with Crippen LogP contribution in [-0.4, -0.2) is 25.2 Å². The van der Waals surface area contributed by atoms with Gasteiger partial charge in [-0.05, 0) is 12.8 Å². The zero-order valence-electron chi connectivity index (χ0n) is 8.10. The molecule has 1 aliphatic rings. The van der Waals surface area contributed by atoms with Gasteiger partial charge in [0, 0.05) is 25.2 Å². The van der Waals surface area contributed by atoms with E-state index in [1.165, 1.54) is 19.3 Å². The van der Waals surface area contributed by atoms with Crippen molar-refractivity contribution >= 4 is 0 Å². The molecule has 2 N–H and O–H groups in total. The van der Waals surface area contributed by atoms with Crippen molar-refractivity contribution in [1.29, 1.82) is 0 Å². The van der Waals surface area contributed by atoms with Gasteiger partial charge in [-0.1, -0.05) is 26.7 Å². The molecule has 0 aromatic rings. The van der Waals surface area contributed by atoms with E-state index in [-0.39, 0.29) is 0 Å². The molecule has 0 bridgehead atoms. The quantitative estimate of drug-likeness (QED) is 0.663. The monoisotopic (exact) mass is 169 g/mol. The summed E-state index contributed by atoms with van der Waals surface area (Å²) in [7, 11) is 0. The van der Waals surface area contributed by atoms with Crippen LogP contribution in [0.1, 0.15) is 32.6 Å². The van der Waals surface area contributed by atoms with Crippen LogP contribution in [0.3, 0.4) is 0 Å². The summed E-state index contributed by atoms with van der Waals surface area (Å²) < 4.78 is 0. The predicted molar refractivity (Wildman–Crippen MR) is 53.1 cm³/mol. The van der Waals surface area contributed by atoms with Gasteiger partial charge < -0.3 is 10.6 Å². The Morgan fingerprint density at radius 3 is 2.75 bits per heavy atom. The molecule has 1 heterocycles. The largest absolute Gasteiger partial charge is 0.314 e. The van der Waals surface area contributed by atoms with Crippen molar-refractivity contribution in [2.75, 3.05) is 13.1 Å². The van der Waals surface area contributed by atoms with E-state index in [4.69, 9.17) is 0 Å². The van der Waals surface area contributed by atoms with Crippen LogP contribution in [0.15, 0.2) is 0 Å². The molecule has 71 valence electrons. The van der Waals surface area contributed by atoms with Crippen molar-refractivity contribution in [3.8, 4) is 0 Å². The summed E-state index contributed by atoms with van der Waals surface area (Å²) in [6, 6.07) is 1.28. The van der Waals surface area contributed by atoms with Gasteiger partial charge in [-0.15, -0.1) is 0 Å². The normalized spacial score (nSPS) is 30.5. The smallest absolute Gasteiger partial charge is 0.0195 e. The molecule has 2 unspecified atom stereocenters. The molecule has 0 aromatic heterocycles. The molecular weight excluding hydrogens is 148 g/mol. The Balaban J connectivity index is 2.16. The molecule has 1 radical (unpaired) electrons. The first kappa shape index (κ1) is 10.0. The Morgan fingerprint density at radius 2 is 2.08 bits per heavy atom. The Labute approximate surface area is 76.1 Å². The molecule has 0 saturated carbocycles. The zero-order chi connectivity index (χ0) is 8.81. The van der Waals surface area contributed by atoms with Crippen molar-refractivity contribution < 1.29 is 0 Å². The van der Waals surface area contributed by atoms with Gasteiger partial charge in [-0.3, -0.25) is 0 Å². The second-order valence-electron chi connectivity index (χ2n) is 3.65. The van der Waals surface area contributed by atoms with Crippen LogP contribution in [0.2, 0.25) is 0 Å². The third-order valence-corrected chi connectivity index (χ3v) is 2.51. The molecule has 0 amide bonds. The SMILES string of the molecule is [CH2]CC1CNCC(CCCC)N1. The Kier molecular flexibility index (Phi) is 4.62. The van der Waals surface area contributed by atoms with Crippen LogP contribution in [0, 0.1) is 6.92 Å². The highest BCUT2D eigenvalue weighted by Gasteiger charge is 2.17. The van der Waals surface area contributed by atoms with E-state index in [1.54, 1.807) is 0 Å². The van der Waals surface area contributed by atoms with Crippen LogP contribution in [0.25, 0.3) is 0 Å². The van der Waals surface area contributed by atoms with Crippen LogP contribution in [-0.2, 0) is 0 Å². The Morgan fingerprint density at radius 1 is 1.33 bits per heavy atom. The number of nitrogens with one attached hydrogen (secondary N) is 2. The third kappa shape index (κ3) is 3.11.